The van der Waals surface area contributed by atoms with Crippen LogP contribution in [0.4, 0.5) is 14.9 Å². The van der Waals surface area contributed by atoms with Crippen molar-refractivity contribution in [3.8, 4) is 0 Å². The lowest BCUT2D eigenvalue weighted by Crippen LogP contribution is -2.47. The molecule has 6 heteroatoms. The predicted octanol–water partition coefficient (Wildman–Crippen LogP) is 5.00. The first-order valence-corrected chi connectivity index (χ1v) is 10.7. The summed E-state index contributed by atoms with van der Waals surface area (Å²) in [6, 6.07) is 13.7. The summed E-state index contributed by atoms with van der Waals surface area (Å²) in [6.07, 6.45) is 3.58. The van der Waals surface area contributed by atoms with Crippen molar-refractivity contribution in [2.75, 3.05) is 25.0 Å². The average molecular weight is 412 g/mol. The van der Waals surface area contributed by atoms with E-state index < -0.39 is 11.8 Å². The second kappa shape index (κ2) is 10.2. The number of para-hydroxylation sites is 1. The minimum Gasteiger partial charge on any atom is -0.334 e. The van der Waals surface area contributed by atoms with E-state index in [1.807, 2.05) is 24.0 Å². The van der Waals surface area contributed by atoms with Gasteiger partial charge in [-0.1, -0.05) is 56.2 Å². The molecule has 1 aliphatic rings. The first-order chi connectivity index (χ1) is 14.5. The zero-order valence-corrected chi connectivity index (χ0v) is 17.7. The van der Waals surface area contributed by atoms with Gasteiger partial charge in [-0.15, -0.1) is 0 Å². The molecular weight excluding hydrogens is 381 g/mol. The molecule has 1 atom stereocenters. The Balaban J connectivity index is 1.70. The Morgan fingerprint density at radius 2 is 1.87 bits per heavy atom. The molecule has 0 saturated carbocycles. The van der Waals surface area contributed by atoms with Crippen molar-refractivity contribution in [2.45, 2.75) is 45.6 Å². The maximum atomic E-state index is 14.0. The number of carbonyl (C=O) groups is 2. The van der Waals surface area contributed by atoms with Gasteiger partial charge in [0.2, 0.25) is 5.91 Å². The van der Waals surface area contributed by atoms with Crippen LogP contribution >= 0.6 is 0 Å². The van der Waals surface area contributed by atoms with Crippen LogP contribution in [0.2, 0.25) is 0 Å². The van der Waals surface area contributed by atoms with Crippen molar-refractivity contribution < 1.29 is 14.0 Å². The molecule has 2 aromatic carbocycles. The summed E-state index contributed by atoms with van der Waals surface area (Å²) in [6.45, 7) is 5.18. The highest BCUT2D eigenvalue weighted by Gasteiger charge is 2.29. The number of hydrogen-bond acceptors (Lipinski definition) is 2. The fraction of sp³-hybridized carbons (Fsp3) is 0.417. The van der Waals surface area contributed by atoms with Crippen LogP contribution in [0.1, 0.15) is 50.3 Å². The quantitative estimate of drug-likeness (QED) is 0.652. The summed E-state index contributed by atoms with van der Waals surface area (Å²) in [5, 5.41) is 2.61. The van der Waals surface area contributed by atoms with Crippen LogP contribution in [0.25, 0.3) is 0 Å². The molecule has 0 fully saturated rings. The number of fused-ring (bicyclic) bond motifs is 1. The van der Waals surface area contributed by atoms with E-state index in [-0.39, 0.29) is 24.2 Å². The van der Waals surface area contributed by atoms with Gasteiger partial charge in [0.1, 0.15) is 12.4 Å². The fourth-order valence-electron chi connectivity index (χ4n) is 3.93. The van der Waals surface area contributed by atoms with Gasteiger partial charge in [-0.2, -0.15) is 0 Å². The number of anilines is 1. The first kappa shape index (κ1) is 21.8. The van der Waals surface area contributed by atoms with Crippen LogP contribution in [-0.4, -0.2) is 41.4 Å². The van der Waals surface area contributed by atoms with Gasteiger partial charge in [-0.25, -0.2) is 9.18 Å². The Labute approximate surface area is 177 Å². The molecule has 160 valence electrons. The highest BCUT2D eigenvalue weighted by atomic mass is 19.1. The van der Waals surface area contributed by atoms with E-state index in [0.717, 1.165) is 31.2 Å². The van der Waals surface area contributed by atoms with Crippen molar-refractivity contribution in [3.63, 3.8) is 0 Å². The SMILES string of the molecule is CCCCCN(CC(=O)N1CCc2ccccc2C1C)C(=O)Nc1ccccc1F. The molecule has 1 unspecified atom stereocenters. The van der Waals surface area contributed by atoms with Gasteiger partial charge >= 0.3 is 6.03 Å². The highest BCUT2D eigenvalue weighted by molar-refractivity contribution is 5.92. The Morgan fingerprint density at radius 3 is 2.63 bits per heavy atom. The van der Waals surface area contributed by atoms with Gasteiger partial charge in [0.15, 0.2) is 0 Å². The van der Waals surface area contributed by atoms with Crippen molar-refractivity contribution in [1.29, 1.82) is 0 Å². The summed E-state index contributed by atoms with van der Waals surface area (Å²) >= 11 is 0. The largest absolute Gasteiger partial charge is 0.334 e. The standard InChI is InChI=1S/C24H30FN3O2/c1-3-4-9-15-27(24(30)26-22-13-8-7-12-21(22)25)17-23(29)28-16-14-19-10-5-6-11-20(19)18(28)2/h5-8,10-13,18H,3-4,9,14-17H2,1-2H3,(H,26,30). The molecule has 3 rings (SSSR count). The van der Waals surface area contributed by atoms with Gasteiger partial charge in [-0.3, -0.25) is 4.79 Å². The van der Waals surface area contributed by atoms with Gasteiger partial charge in [0, 0.05) is 13.1 Å². The number of carbonyl (C=O) groups excluding carboxylic acids is 2. The number of nitrogens with one attached hydrogen (secondary N) is 1. The smallest absolute Gasteiger partial charge is 0.322 e. The molecule has 0 aromatic heterocycles. The third kappa shape index (κ3) is 5.17. The van der Waals surface area contributed by atoms with E-state index in [0.29, 0.717) is 13.1 Å². The zero-order chi connectivity index (χ0) is 21.5. The van der Waals surface area contributed by atoms with E-state index in [4.69, 9.17) is 0 Å². The second-order valence-electron chi connectivity index (χ2n) is 7.75. The van der Waals surface area contributed by atoms with E-state index in [1.54, 1.807) is 12.1 Å². The topological polar surface area (TPSA) is 52.7 Å². The third-order valence-corrected chi connectivity index (χ3v) is 5.68. The molecule has 5 nitrogen and oxygen atoms in total. The van der Waals surface area contributed by atoms with Crippen LogP contribution in [0.5, 0.6) is 0 Å². The number of hydrogen-bond donors (Lipinski definition) is 1. The molecule has 1 N–H and O–H groups in total. The van der Waals surface area contributed by atoms with Crippen LogP contribution in [-0.2, 0) is 11.2 Å². The summed E-state index contributed by atoms with van der Waals surface area (Å²) in [5.74, 6) is -0.580. The average Bonchev–Trinajstić information content (AvgIpc) is 2.75. The second-order valence-corrected chi connectivity index (χ2v) is 7.75. The van der Waals surface area contributed by atoms with E-state index in [1.165, 1.54) is 22.6 Å². The number of amides is 3. The molecule has 1 aliphatic heterocycles. The van der Waals surface area contributed by atoms with Gasteiger partial charge in [0.25, 0.3) is 0 Å². The number of urea groups is 1. The van der Waals surface area contributed by atoms with Crippen molar-refractivity contribution in [3.05, 3.63) is 65.5 Å². The molecule has 2 aromatic rings. The number of rotatable bonds is 7. The number of nitrogens with zero attached hydrogens (tertiary/aromatic N) is 2. The maximum Gasteiger partial charge on any atom is 0.322 e. The third-order valence-electron chi connectivity index (χ3n) is 5.68. The van der Waals surface area contributed by atoms with Crippen LogP contribution in [0.15, 0.2) is 48.5 Å². The predicted molar refractivity (Wildman–Crippen MR) is 117 cm³/mol. The molecule has 0 spiro atoms. The van der Waals surface area contributed by atoms with E-state index >= 15 is 0 Å². The number of halogens is 1. The van der Waals surface area contributed by atoms with Crippen molar-refractivity contribution in [2.24, 2.45) is 0 Å². The first-order valence-electron chi connectivity index (χ1n) is 10.7. The summed E-state index contributed by atoms with van der Waals surface area (Å²) < 4.78 is 14.0. The van der Waals surface area contributed by atoms with Crippen LogP contribution < -0.4 is 5.32 Å². The van der Waals surface area contributed by atoms with Crippen molar-refractivity contribution >= 4 is 17.6 Å². The Hall–Kier alpha value is -2.89. The number of benzene rings is 2. The molecule has 0 saturated heterocycles. The van der Waals surface area contributed by atoms with Crippen molar-refractivity contribution in [1.82, 2.24) is 9.80 Å². The minimum atomic E-state index is -0.494. The lowest BCUT2D eigenvalue weighted by molar-refractivity contribution is -0.134. The van der Waals surface area contributed by atoms with E-state index in [2.05, 4.69) is 24.4 Å². The Kier molecular flexibility index (Phi) is 7.44. The number of unbranched alkanes of at least 4 members (excludes halogenated alkanes) is 2. The summed E-state index contributed by atoms with van der Waals surface area (Å²) in [5.41, 5.74) is 2.55. The summed E-state index contributed by atoms with van der Waals surface area (Å²) in [4.78, 5) is 29.3. The normalized spacial score (nSPS) is 15.4. The Morgan fingerprint density at radius 1 is 1.13 bits per heavy atom. The van der Waals surface area contributed by atoms with Crippen LogP contribution in [0.3, 0.4) is 0 Å². The van der Waals surface area contributed by atoms with Gasteiger partial charge in [-0.05, 0) is 43.0 Å². The molecule has 3 amide bonds. The van der Waals surface area contributed by atoms with Crippen LogP contribution in [0, 0.1) is 5.82 Å². The Bertz CT molecular complexity index is 886. The lowest BCUT2D eigenvalue weighted by atomic mass is 9.93. The molecule has 1 heterocycles. The molecule has 0 bridgehead atoms. The molecule has 0 aliphatic carbocycles. The fourth-order valence-corrected chi connectivity index (χ4v) is 3.93. The zero-order valence-electron chi connectivity index (χ0n) is 17.7. The lowest BCUT2D eigenvalue weighted by Gasteiger charge is -2.36. The highest BCUT2D eigenvalue weighted by Crippen LogP contribution is 2.29. The van der Waals surface area contributed by atoms with Gasteiger partial charge < -0.3 is 15.1 Å². The maximum absolute atomic E-state index is 14.0. The minimum absolute atomic E-state index is 0.0174. The van der Waals surface area contributed by atoms with E-state index in [9.17, 15) is 14.0 Å². The summed E-state index contributed by atoms with van der Waals surface area (Å²) in [7, 11) is 0. The van der Waals surface area contributed by atoms with Gasteiger partial charge in [0.05, 0.1) is 11.7 Å². The monoisotopic (exact) mass is 411 g/mol. The molecular formula is C24H30FN3O2. The molecule has 0 radical (unpaired) electrons. The molecule has 30 heavy (non-hydrogen) atoms.